The Bertz CT molecular complexity index is 4360. The number of benzene rings is 10. The van der Waals surface area contributed by atoms with Crippen molar-refractivity contribution in [2.45, 2.75) is 34.6 Å². The van der Waals surface area contributed by atoms with Gasteiger partial charge in [-0.3, -0.25) is 0 Å². The van der Waals surface area contributed by atoms with E-state index in [0.29, 0.717) is 0 Å². The number of allylic oxidation sites excluding steroid dienone is 3. The van der Waals surface area contributed by atoms with Crippen molar-refractivity contribution in [1.29, 1.82) is 0 Å². The second-order valence-electron chi connectivity index (χ2n) is 17.3. The highest BCUT2D eigenvalue weighted by atomic mass is 32.1. The molecule has 13 rings (SSSR count). The van der Waals surface area contributed by atoms with Crippen LogP contribution in [-0.4, -0.2) is 0 Å². The summed E-state index contributed by atoms with van der Waals surface area (Å²) >= 11 is 5.95. The molecule has 0 unspecified atom stereocenters. The van der Waals surface area contributed by atoms with E-state index in [1.165, 1.54) is 159 Å². The lowest BCUT2D eigenvalue weighted by atomic mass is 9.90. The lowest BCUT2D eigenvalue weighted by Gasteiger charge is -2.13. The summed E-state index contributed by atoms with van der Waals surface area (Å²) in [6.45, 7) is 15.4. The zero-order valence-corrected chi connectivity index (χ0v) is 38.8. The van der Waals surface area contributed by atoms with Gasteiger partial charge in [-0.1, -0.05) is 122 Å². The summed E-state index contributed by atoms with van der Waals surface area (Å²) < 4.78 is 8.17. The van der Waals surface area contributed by atoms with Crippen molar-refractivity contribution in [3.8, 4) is 0 Å². The first-order valence-corrected chi connectivity index (χ1v) is 24.7. The number of fused-ring (bicyclic) bond motifs is 21. The maximum Gasteiger partial charge on any atom is 0.0463 e. The lowest BCUT2D eigenvalue weighted by molar-refractivity contribution is 1.52. The highest BCUT2D eigenvalue weighted by molar-refractivity contribution is 7.34. The molecule has 0 fully saturated rings. The van der Waals surface area contributed by atoms with E-state index in [-0.39, 0.29) is 0 Å². The molecule has 0 spiro atoms. The Balaban J connectivity index is 1.28. The SMILES string of the molecule is C=Cc1c(/C=C\C)c2ccccc2c2cc3sc4c(c3cc12)c1sc2cc3c(cc2c1c1sc2cc5c(cc2c14)c(/C=C\C)c(C)c1ccccc15)c(C)c(/C=C\C)c1ccccc13. The van der Waals surface area contributed by atoms with Gasteiger partial charge in [-0.05, 0) is 169 Å². The Kier molecular flexibility index (Phi) is 8.25. The van der Waals surface area contributed by atoms with E-state index in [4.69, 9.17) is 0 Å². The summed E-state index contributed by atoms with van der Waals surface area (Å²) in [4.78, 5) is 0. The number of thiophene rings is 3. The van der Waals surface area contributed by atoms with Gasteiger partial charge in [-0.2, -0.15) is 0 Å². The van der Waals surface area contributed by atoms with Crippen molar-refractivity contribution in [3.63, 3.8) is 0 Å². The topological polar surface area (TPSA) is 0 Å². The van der Waals surface area contributed by atoms with Gasteiger partial charge in [-0.15, -0.1) is 34.0 Å². The Morgan fingerprint density at radius 3 is 1.16 bits per heavy atom. The van der Waals surface area contributed by atoms with Gasteiger partial charge < -0.3 is 0 Å². The molecule has 64 heavy (non-hydrogen) atoms. The molecule has 3 heterocycles. The predicted molar refractivity (Wildman–Crippen MR) is 294 cm³/mol. The smallest absolute Gasteiger partial charge is 0.0463 e. The number of hydrogen-bond acceptors (Lipinski definition) is 3. The van der Waals surface area contributed by atoms with Gasteiger partial charge in [0.15, 0.2) is 0 Å². The van der Waals surface area contributed by atoms with Crippen LogP contribution in [0.2, 0.25) is 0 Å². The average molecular weight is 871 g/mol. The van der Waals surface area contributed by atoms with Crippen molar-refractivity contribution < 1.29 is 0 Å². The largest absolute Gasteiger partial charge is 0.134 e. The molecular formula is C61H42S3. The standard InChI is InChI=1S/C61H42S3/c1-7-17-35-33(6)44-26-50-53(29-47(44)42-24-15-13-21-39(35)42)62-59-56(50)60-58(52-28-46-36(18-8-2)32(5)37-20-11-12-22-40(37)48(46)30-54(52)63-60)61-57(59)51-27-45-34(10-4)38(19-9-3)41-23-14-16-25-43(41)49(45)31-55(51)64-61/h7-31H,4H2,1-3,5-6H3/b17-7-,18-8-,19-9-. The summed E-state index contributed by atoms with van der Waals surface area (Å²) in [7, 11) is 0. The molecule has 0 aliphatic carbocycles. The summed E-state index contributed by atoms with van der Waals surface area (Å²) in [5.74, 6) is 0. The molecule has 3 heteroatoms. The molecule has 0 nitrogen and oxygen atoms in total. The molecule has 0 N–H and O–H groups in total. The monoisotopic (exact) mass is 870 g/mol. The van der Waals surface area contributed by atoms with Crippen LogP contribution in [0.25, 0.3) is 149 Å². The molecule has 0 bridgehead atoms. The fourth-order valence-electron chi connectivity index (χ4n) is 11.3. The molecule has 0 aliphatic rings. The molecule has 0 aliphatic heterocycles. The fourth-order valence-corrected chi connectivity index (χ4v) is 15.4. The van der Waals surface area contributed by atoms with Gasteiger partial charge >= 0.3 is 0 Å². The fraction of sp³-hybridized carbons (Fsp3) is 0.0820. The highest BCUT2D eigenvalue weighted by Crippen LogP contribution is 2.55. The normalized spacial score (nSPS) is 13.0. The Morgan fingerprint density at radius 2 is 0.688 bits per heavy atom. The summed E-state index contributed by atoms with van der Waals surface area (Å²) in [6.07, 6.45) is 15.5. The van der Waals surface area contributed by atoms with Crippen LogP contribution in [0.15, 0.2) is 134 Å². The van der Waals surface area contributed by atoms with Crippen LogP contribution in [-0.2, 0) is 0 Å². The van der Waals surface area contributed by atoms with Crippen LogP contribution in [0.4, 0.5) is 0 Å². The molecule has 304 valence electrons. The predicted octanol–water partition coefficient (Wildman–Crippen LogP) is 20.1. The van der Waals surface area contributed by atoms with Crippen LogP contribution in [0, 0.1) is 13.8 Å². The van der Waals surface area contributed by atoms with Gasteiger partial charge in [0, 0.05) is 60.5 Å². The molecule has 10 aromatic carbocycles. The number of aryl methyl sites for hydroxylation is 2. The van der Waals surface area contributed by atoms with E-state index < -0.39 is 0 Å². The molecule has 13 aromatic rings. The average Bonchev–Trinajstić information content (AvgIpc) is 4.01. The van der Waals surface area contributed by atoms with Crippen LogP contribution in [0.5, 0.6) is 0 Å². The van der Waals surface area contributed by atoms with E-state index >= 15 is 0 Å². The molecular weight excluding hydrogens is 829 g/mol. The maximum absolute atomic E-state index is 4.41. The third-order valence-electron chi connectivity index (χ3n) is 14.1. The second kappa shape index (κ2) is 13.9. The van der Waals surface area contributed by atoms with Crippen molar-refractivity contribution in [3.05, 3.63) is 167 Å². The minimum absolute atomic E-state index is 1.19. The van der Waals surface area contributed by atoms with Crippen molar-refractivity contribution >= 4 is 183 Å². The van der Waals surface area contributed by atoms with E-state index in [1.54, 1.807) is 0 Å². The molecule has 0 amide bonds. The van der Waals surface area contributed by atoms with Crippen LogP contribution in [0.3, 0.4) is 0 Å². The second-order valence-corrected chi connectivity index (χ2v) is 20.5. The van der Waals surface area contributed by atoms with Crippen LogP contribution >= 0.6 is 34.0 Å². The van der Waals surface area contributed by atoms with Crippen molar-refractivity contribution in [2.24, 2.45) is 0 Å². The van der Waals surface area contributed by atoms with Crippen LogP contribution in [0.1, 0.15) is 54.2 Å². The molecule has 0 atom stereocenters. The van der Waals surface area contributed by atoms with E-state index in [0.717, 1.165) is 0 Å². The minimum atomic E-state index is 1.19. The summed E-state index contributed by atoms with van der Waals surface area (Å²) in [5.41, 5.74) is 7.71. The Labute approximate surface area is 383 Å². The summed E-state index contributed by atoms with van der Waals surface area (Å²) in [5, 5.41) is 23.8. The Hall–Kier alpha value is -6.62. The number of hydrogen-bond donors (Lipinski definition) is 0. The van der Waals surface area contributed by atoms with Gasteiger partial charge in [0.2, 0.25) is 0 Å². The van der Waals surface area contributed by atoms with E-state index in [9.17, 15) is 0 Å². The molecule has 3 aromatic heterocycles. The van der Waals surface area contributed by atoms with E-state index in [2.05, 4.69) is 193 Å². The first-order valence-electron chi connectivity index (χ1n) is 22.2. The molecule has 0 saturated heterocycles. The highest BCUT2D eigenvalue weighted by Gasteiger charge is 2.25. The van der Waals surface area contributed by atoms with E-state index in [1.807, 2.05) is 34.0 Å². The first-order chi connectivity index (χ1) is 31.4. The molecule has 0 radical (unpaired) electrons. The number of rotatable bonds is 4. The Morgan fingerprint density at radius 1 is 0.344 bits per heavy atom. The molecule has 0 saturated carbocycles. The maximum atomic E-state index is 4.41. The quantitative estimate of drug-likeness (QED) is 0.155. The van der Waals surface area contributed by atoms with Crippen molar-refractivity contribution in [1.82, 2.24) is 0 Å². The van der Waals surface area contributed by atoms with Gasteiger partial charge in [0.1, 0.15) is 0 Å². The third kappa shape index (κ3) is 4.98. The van der Waals surface area contributed by atoms with Crippen molar-refractivity contribution in [2.75, 3.05) is 0 Å². The zero-order valence-electron chi connectivity index (χ0n) is 36.4. The summed E-state index contributed by atoms with van der Waals surface area (Å²) in [6, 6.07) is 41.9. The van der Waals surface area contributed by atoms with Gasteiger partial charge in [0.25, 0.3) is 0 Å². The minimum Gasteiger partial charge on any atom is -0.134 e. The van der Waals surface area contributed by atoms with Gasteiger partial charge in [-0.25, -0.2) is 0 Å². The van der Waals surface area contributed by atoms with Gasteiger partial charge in [0.05, 0.1) is 0 Å². The lowest BCUT2D eigenvalue weighted by Crippen LogP contribution is -1.89. The third-order valence-corrected chi connectivity index (χ3v) is 17.6. The first kappa shape index (κ1) is 37.9. The zero-order chi connectivity index (χ0) is 43.1. The van der Waals surface area contributed by atoms with Crippen LogP contribution < -0.4 is 0 Å².